The van der Waals surface area contributed by atoms with Crippen LogP contribution < -0.4 is 0 Å². The van der Waals surface area contributed by atoms with Crippen LogP contribution in [-0.2, 0) is 33.8 Å². The summed E-state index contributed by atoms with van der Waals surface area (Å²) >= 11 is 0. The second kappa shape index (κ2) is 12.0. The molecule has 0 radical (unpaired) electrons. The topological polar surface area (TPSA) is 53.1 Å². The Morgan fingerprint density at radius 1 is 0.762 bits per heavy atom. The molecule has 0 N–H and O–H groups in total. The Labute approximate surface area is 248 Å². The molecule has 2 heterocycles. The number of hydrazine groups is 1. The van der Waals surface area contributed by atoms with Gasteiger partial charge in [0.05, 0.1) is 23.6 Å². The zero-order valence-corrected chi connectivity index (χ0v) is 24.2. The number of carbonyl (C=O) groups is 2. The Kier molecular flexibility index (Phi) is 8.02. The van der Waals surface area contributed by atoms with Crippen molar-refractivity contribution in [2.24, 2.45) is 5.92 Å². The van der Waals surface area contributed by atoms with Crippen molar-refractivity contribution in [1.29, 1.82) is 0 Å². The second-order valence-corrected chi connectivity index (χ2v) is 11.6. The van der Waals surface area contributed by atoms with Crippen molar-refractivity contribution in [2.45, 2.75) is 50.4 Å². The lowest BCUT2D eigenvalue weighted by Gasteiger charge is -2.42. The summed E-state index contributed by atoms with van der Waals surface area (Å²) in [4.78, 5) is 35.1. The van der Waals surface area contributed by atoms with Gasteiger partial charge in [-0.3, -0.25) is 14.4 Å². The summed E-state index contributed by atoms with van der Waals surface area (Å²) < 4.78 is 0. The van der Waals surface area contributed by atoms with Crippen LogP contribution in [0.25, 0.3) is 0 Å². The van der Waals surface area contributed by atoms with E-state index in [1.54, 1.807) is 5.06 Å². The molecule has 6 nitrogen and oxygen atoms in total. The van der Waals surface area contributed by atoms with Crippen molar-refractivity contribution in [1.82, 2.24) is 15.1 Å². The van der Waals surface area contributed by atoms with E-state index in [4.69, 9.17) is 4.84 Å². The minimum atomic E-state index is -0.637. The van der Waals surface area contributed by atoms with Gasteiger partial charge >= 0.3 is 0 Å². The zero-order chi connectivity index (χ0) is 29.1. The van der Waals surface area contributed by atoms with Gasteiger partial charge in [0.25, 0.3) is 5.91 Å². The van der Waals surface area contributed by atoms with E-state index in [0.717, 1.165) is 22.3 Å². The number of carbonyl (C=O) groups excluding carboxylic acids is 2. The van der Waals surface area contributed by atoms with E-state index >= 15 is 0 Å². The number of hydrogen-bond donors (Lipinski definition) is 0. The quantitative estimate of drug-likeness (QED) is 0.248. The molecular formula is C36H37N3O3. The molecule has 0 aromatic heterocycles. The van der Waals surface area contributed by atoms with E-state index in [9.17, 15) is 9.59 Å². The van der Waals surface area contributed by atoms with Crippen molar-refractivity contribution < 1.29 is 14.4 Å². The first-order valence-electron chi connectivity index (χ1n) is 14.7. The average molecular weight is 560 g/mol. The monoisotopic (exact) mass is 559 g/mol. The lowest BCUT2D eigenvalue weighted by atomic mass is 9.82. The molecule has 0 spiro atoms. The fourth-order valence-electron chi connectivity index (χ4n) is 6.77. The highest BCUT2D eigenvalue weighted by Crippen LogP contribution is 2.44. The number of rotatable bonds is 8. The minimum Gasteiger partial charge on any atom is -0.295 e. The van der Waals surface area contributed by atoms with Crippen molar-refractivity contribution in [3.8, 4) is 0 Å². The Bertz CT molecular complexity index is 1460. The van der Waals surface area contributed by atoms with Crippen molar-refractivity contribution in [3.05, 3.63) is 144 Å². The molecule has 0 unspecified atom stereocenters. The summed E-state index contributed by atoms with van der Waals surface area (Å²) in [6.45, 7) is 2.36. The fourth-order valence-corrected chi connectivity index (χ4v) is 6.77. The predicted molar refractivity (Wildman–Crippen MR) is 162 cm³/mol. The molecule has 2 aliphatic heterocycles. The molecule has 214 valence electrons. The van der Waals surface area contributed by atoms with Gasteiger partial charge in [-0.05, 0) is 42.0 Å². The normalized spacial score (nSPS) is 22.5. The van der Waals surface area contributed by atoms with E-state index in [-0.39, 0.29) is 24.3 Å². The highest BCUT2D eigenvalue weighted by molar-refractivity contribution is 5.98. The van der Waals surface area contributed by atoms with Gasteiger partial charge in [0.15, 0.2) is 0 Å². The zero-order valence-electron chi connectivity index (χ0n) is 24.2. The average Bonchev–Trinajstić information content (AvgIpc) is 3.45. The van der Waals surface area contributed by atoms with E-state index in [2.05, 4.69) is 41.4 Å². The van der Waals surface area contributed by atoms with Crippen LogP contribution in [0, 0.1) is 5.92 Å². The number of hydroxylamine groups is 2. The number of imide groups is 1. The Morgan fingerprint density at radius 3 is 1.76 bits per heavy atom. The van der Waals surface area contributed by atoms with Crippen molar-refractivity contribution in [3.63, 3.8) is 0 Å². The Hall–Kier alpha value is -4.10. The third-order valence-corrected chi connectivity index (χ3v) is 8.64. The standard InChI is InChI=1S/C36H37N3O3/c1-27-33(34(37(2)42-27)31-21-13-6-14-22-31)35(41)39-32(40)25-36(23-28-15-7-3-8-16-28,24-29-17-9-4-10-18-29)38(39)26-30-19-11-5-12-20-30/h3-22,27,33-34H,23-26H2,1-2H3/t27-,33-,34-/m0/s1. The van der Waals surface area contributed by atoms with E-state index in [0.29, 0.717) is 19.4 Å². The van der Waals surface area contributed by atoms with Crippen LogP contribution in [-0.4, -0.2) is 45.6 Å². The van der Waals surface area contributed by atoms with Gasteiger partial charge in [-0.25, -0.2) is 5.01 Å². The number of hydrogen-bond acceptors (Lipinski definition) is 5. The molecule has 2 aliphatic rings. The second-order valence-electron chi connectivity index (χ2n) is 11.6. The van der Waals surface area contributed by atoms with Crippen LogP contribution in [0.3, 0.4) is 0 Å². The Morgan fingerprint density at radius 2 is 1.24 bits per heavy atom. The molecule has 4 aromatic carbocycles. The molecule has 4 aromatic rings. The lowest BCUT2D eigenvalue weighted by Crippen LogP contribution is -2.56. The first-order valence-corrected chi connectivity index (χ1v) is 14.7. The van der Waals surface area contributed by atoms with Gasteiger partial charge in [0, 0.05) is 20.0 Å². The minimum absolute atomic E-state index is 0.170. The van der Waals surface area contributed by atoms with Gasteiger partial charge in [0.2, 0.25) is 5.91 Å². The van der Waals surface area contributed by atoms with Gasteiger partial charge in [0.1, 0.15) is 0 Å². The third kappa shape index (κ3) is 5.53. The van der Waals surface area contributed by atoms with Crippen LogP contribution in [0.1, 0.15) is 41.6 Å². The predicted octanol–water partition coefficient (Wildman–Crippen LogP) is 6.01. The third-order valence-electron chi connectivity index (χ3n) is 8.64. The van der Waals surface area contributed by atoms with Crippen molar-refractivity contribution >= 4 is 11.8 Å². The molecule has 0 saturated carbocycles. The maximum atomic E-state index is 14.7. The summed E-state index contributed by atoms with van der Waals surface area (Å²) in [6, 6.07) is 40.3. The van der Waals surface area contributed by atoms with Crippen LogP contribution in [0.5, 0.6) is 0 Å². The molecule has 3 atom stereocenters. The summed E-state index contributed by atoms with van der Waals surface area (Å²) in [6.07, 6.45) is 1.11. The van der Waals surface area contributed by atoms with Crippen LogP contribution in [0.4, 0.5) is 0 Å². The smallest absolute Gasteiger partial charge is 0.251 e. The van der Waals surface area contributed by atoms with Crippen LogP contribution in [0.2, 0.25) is 0 Å². The van der Waals surface area contributed by atoms with Crippen LogP contribution in [0.15, 0.2) is 121 Å². The number of amides is 2. The maximum absolute atomic E-state index is 14.7. The number of benzene rings is 4. The van der Waals surface area contributed by atoms with Crippen LogP contribution >= 0.6 is 0 Å². The Balaban J connectivity index is 1.45. The van der Waals surface area contributed by atoms with Gasteiger partial charge < -0.3 is 0 Å². The fraction of sp³-hybridized carbons (Fsp3) is 0.278. The van der Waals surface area contributed by atoms with Gasteiger partial charge in [-0.15, -0.1) is 0 Å². The van der Waals surface area contributed by atoms with Crippen molar-refractivity contribution in [2.75, 3.05) is 7.05 Å². The molecule has 2 saturated heterocycles. The maximum Gasteiger partial charge on any atom is 0.251 e. The largest absolute Gasteiger partial charge is 0.295 e. The first-order chi connectivity index (χ1) is 20.4. The molecule has 6 rings (SSSR count). The van der Waals surface area contributed by atoms with Gasteiger partial charge in [-0.2, -0.15) is 10.1 Å². The molecular weight excluding hydrogens is 522 g/mol. The number of nitrogens with zero attached hydrogens (tertiary/aromatic N) is 3. The highest BCUT2D eigenvalue weighted by atomic mass is 16.7. The molecule has 2 fully saturated rings. The SMILES string of the molecule is C[C@@H]1ON(C)[C@@H](c2ccccc2)[C@H]1C(=O)N1C(=O)CC(Cc2ccccc2)(Cc2ccccc2)N1Cc1ccccc1. The summed E-state index contributed by atoms with van der Waals surface area (Å²) in [5.41, 5.74) is 3.66. The van der Waals surface area contributed by atoms with E-state index < -0.39 is 17.6 Å². The molecule has 42 heavy (non-hydrogen) atoms. The van der Waals surface area contributed by atoms with E-state index in [1.165, 1.54) is 5.01 Å². The summed E-state index contributed by atoms with van der Waals surface area (Å²) in [7, 11) is 1.87. The van der Waals surface area contributed by atoms with Gasteiger partial charge in [-0.1, -0.05) is 121 Å². The highest BCUT2D eigenvalue weighted by Gasteiger charge is 2.56. The molecule has 6 heteroatoms. The van der Waals surface area contributed by atoms with E-state index in [1.807, 2.05) is 98.9 Å². The summed E-state index contributed by atoms with van der Waals surface area (Å²) in [5.74, 6) is -0.940. The summed E-state index contributed by atoms with van der Waals surface area (Å²) in [5, 5.41) is 5.31. The molecule has 2 amide bonds. The molecule has 0 aliphatic carbocycles. The lowest BCUT2D eigenvalue weighted by molar-refractivity contribution is -0.167. The molecule has 0 bridgehead atoms. The first kappa shape index (κ1) is 28.0.